The Morgan fingerprint density at radius 3 is 1.69 bits per heavy atom. The van der Waals surface area contributed by atoms with Gasteiger partial charge in [-0.05, 0) is 76.7 Å². The minimum atomic E-state index is -1.48. The van der Waals surface area contributed by atoms with Gasteiger partial charge < -0.3 is 81.0 Å². The number of hydrogen-bond acceptors (Lipinski definition) is 17. The number of esters is 1. The van der Waals surface area contributed by atoms with Crippen molar-refractivity contribution in [1.29, 1.82) is 0 Å². The lowest BCUT2D eigenvalue weighted by atomic mass is 9.82. The maximum Gasteiger partial charge on any atom is 0.333 e. The molecule has 17 heteroatoms. The van der Waals surface area contributed by atoms with E-state index < -0.39 is 121 Å². The standard InChI is InChI=1S/C55H96O17/c1-30-14-10-11-18-44(61)35(6)53(68)31(2)15-12-16-33(4)55(70)72-49(38(9)50-22-23-51(66)71-50)19-13-17-39(56)25-40(57)27-45(62)36(7)54(69)37(8)46(63)28-41(58)26-42(59)29-48(65)47(64)24-34(5)52(67)32(3)20-21-43(30)60/h10,13-14,16-17,20-21,24,30-32,35-54,56-69H,11-12,15,18-19,22-23,25-29H2,1-9H3. The van der Waals surface area contributed by atoms with Gasteiger partial charge in [0.15, 0.2) is 6.29 Å². The lowest BCUT2D eigenvalue weighted by Gasteiger charge is -2.33. The van der Waals surface area contributed by atoms with E-state index in [9.17, 15) is 76.3 Å². The Balaban J connectivity index is 2.28. The van der Waals surface area contributed by atoms with Gasteiger partial charge in [-0.1, -0.05) is 97.1 Å². The van der Waals surface area contributed by atoms with E-state index in [1.165, 1.54) is 26.0 Å². The molecule has 0 spiro atoms. The molecule has 1 fully saturated rings. The average Bonchev–Trinajstić information content (AvgIpc) is 3.77. The summed E-state index contributed by atoms with van der Waals surface area (Å²) in [7, 11) is 0. The first kappa shape index (κ1) is 65.7. The average molecular weight is 1030 g/mol. The van der Waals surface area contributed by atoms with Gasteiger partial charge in [-0.2, -0.15) is 0 Å². The largest absolute Gasteiger partial charge is 0.458 e. The van der Waals surface area contributed by atoms with Gasteiger partial charge >= 0.3 is 5.97 Å². The molecule has 17 nitrogen and oxygen atoms in total. The predicted molar refractivity (Wildman–Crippen MR) is 273 cm³/mol. The summed E-state index contributed by atoms with van der Waals surface area (Å²) in [4.78, 5) is 13.4. The van der Waals surface area contributed by atoms with Crippen LogP contribution >= 0.6 is 0 Å². The summed E-state index contributed by atoms with van der Waals surface area (Å²) < 4.78 is 11.7. The molecule has 72 heavy (non-hydrogen) atoms. The zero-order valence-electron chi connectivity index (χ0n) is 44.4. The van der Waals surface area contributed by atoms with Crippen molar-refractivity contribution in [2.24, 2.45) is 41.4 Å². The number of aliphatic hydroxyl groups excluding tert-OH is 14. The van der Waals surface area contributed by atoms with Crippen LogP contribution in [0.15, 0.2) is 59.8 Å². The van der Waals surface area contributed by atoms with Gasteiger partial charge in [-0.3, -0.25) is 0 Å². The predicted octanol–water partition coefficient (Wildman–Crippen LogP) is 3.02. The summed E-state index contributed by atoms with van der Waals surface area (Å²) in [6, 6.07) is 0. The molecule has 23 atom stereocenters. The number of aliphatic hydroxyl groups is 14. The highest BCUT2D eigenvalue weighted by Crippen LogP contribution is 2.31. The Kier molecular flexibility index (Phi) is 30.0. The van der Waals surface area contributed by atoms with E-state index in [1.807, 2.05) is 32.9 Å². The van der Waals surface area contributed by atoms with Crippen LogP contribution in [0, 0.1) is 41.4 Å². The normalized spacial score (nSPS) is 42.6. The summed E-state index contributed by atoms with van der Waals surface area (Å²) in [5.74, 6) is -4.10. The van der Waals surface area contributed by atoms with Gasteiger partial charge in [0.05, 0.1) is 85.5 Å². The van der Waals surface area contributed by atoms with Gasteiger partial charge in [0.2, 0.25) is 0 Å². The first-order chi connectivity index (χ1) is 33.6. The molecule has 0 bridgehead atoms. The zero-order chi connectivity index (χ0) is 54.6. The van der Waals surface area contributed by atoms with Crippen LogP contribution in [-0.2, 0) is 14.3 Å². The Morgan fingerprint density at radius 1 is 0.542 bits per heavy atom. The van der Waals surface area contributed by atoms with E-state index >= 15 is 0 Å². The van der Waals surface area contributed by atoms with Crippen LogP contribution in [0.5, 0.6) is 0 Å². The molecule has 0 aromatic heterocycles. The molecule has 0 radical (unpaired) electrons. The van der Waals surface area contributed by atoms with E-state index in [1.54, 1.807) is 52.0 Å². The SMILES string of the molecule is CC1=CCCC(C)C(O)C(C)C(O)CCC=CC(C)C(O)C=CC(C)C(O)C(C)=CC(O)C(O)CC(O)CC(O)CC(O)C(C)C(O)C(C)C(O)CC(O)CC(O)C=CCC(C(C)C2CCC(O)O2)OC1=O. The third kappa shape index (κ3) is 22.8. The Hall–Kier alpha value is -2.43. The van der Waals surface area contributed by atoms with Gasteiger partial charge in [0.25, 0.3) is 0 Å². The van der Waals surface area contributed by atoms with Gasteiger partial charge in [-0.25, -0.2) is 4.79 Å². The Morgan fingerprint density at radius 2 is 1.11 bits per heavy atom. The zero-order valence-corrected chi connectivity index (χ0v) is 44.4. The van der Waals surface area contributed by atoms with Crippen molar-refractivity contribution in [3.8, 4) is 0 Å². The highest BCUT2D eigenvalue weighted by Gasteiger charge is 2.36. The fraction of sp³-hybridized carbons (Fsp3) is 0.800. The molecule has 0 amide bonds. The maximum absolute atomic E-state index is 13.4. The molecule has 14 N–H and O–H groups in total. The van der Waals surface area contributed by atoms with E-state index in [2.05, 4.69) is 0 Å². The van der Waals surface area contributed by atoms with Crippen molar-refractivity contribution in [3.63, 3.8) is 0 Å². The number of rotatable bonds is 2. The number of ether oxygens (including phenoxy) is 2. The lowest BCUT2D eigenvalue weighted by Crippen LogP contribution is -2.41. The fourth-order valence-corrected chi connectivity index (χ4v) is 9.52. The third-order valence-corrected chi connectivity index (χ3v) is 15.2. The highest BCUT2D eigenvalue weighted by molar-refractivity contribution is 5.87. The molecule has 1 saturated heterocycles. The van der Waals surface area contributed by atoms with Crippen molar-refractivity contribution in [3.05, 3.63) is 59.8 Å². The summed E-state index contributed by atoms with van der Waals surface area (Å²) in [5, 5.41) is 151. The topological polar surface area (TPSA) is 319 Å². The molecule has 418 valence electrons. The molecule has 2 aliphatic heterocycles. The molecule has 0 aromatic rings. The molecule has 2 aliphatic rings. The van der Waals surface area contributed by atoms with Gasteiger partial charge in [0, 0.05) is 66.8 Å². The quantitative estimate of drug-likeness (QED) is 0.140. The number of carbonyl (C=O) groups excluding carboxylic acids is 1. The highest BCUT2D eigenvalue weighted by atomic mass is 16.6. The second-order valence-electron chi connectivity index (χ2n) is 21.6. The Labute approximate surface area is 428 Å². The molecular weight excluding hydrogens is 933 g/mol. The summed E-state index contributed by atoms with van der Waals surface area (Å²) in [6.07, 6.45) is -2.62. The molecule has 0 aliphatic carbocycles. The minimum absolute atomic E-state index is 0.170. The van der Waals surface area contributed by atoms with Gasteiger partial charge in [-0.15, -0.1) is 0 Å². The summed E-state index contributed by atoms with van der Waals surface area (Å²) in [5.41, 5.74) is 0.693. The maximum atomic E-state index is 13.4. The summed E-state index contributed by atoms with van der Waals surface area (Å²) >= 11 is 0. The minimum Gasteiger partial charge on any atom is -0.458 e. The third-order valence-electron chi connectivity index (χ3n) is 15.2. The van der Waals surface area contributed by atoms with Crippen LogP contribution < -0.4 is 0 Å². The van der Waals surface area contributed by atoms with E-state index in [0.29, 0.717) is 49.7 Å². The van der Waals surface area contributed by atoms with Crippen molar-refractivity contribution >= 4 is 5.97 Å². The molecule has 2 heterocycles. The van der Waals surface area contributed by atoms with E-state index in [0.717, 1.165) is 0 Å². The van der Waals surface area contributed by atoms with Crippen LogP contribution in [0.3, 0.4) is 0 Å². The molecule has 0 aromatic carbocycles. The van der Waals surface area contributed by atoms with Crippen molar-refractivity contribution < 1.29 is 85.8 Å². The number of hydrogen-bond donors (Lipinski definition) is 14. The van der Waals surface area contributed by atoms with E-state index in [-0.39, 0.29) is 62.4 Å². The molecule has 23 unspecified atom stereocenters. The van der Waals surface area contributed by atoms with Crippen LogP contribution in [0.4, 0.5) is 0 Å². The molecular formula is C55H96O17. The molecule has 2 rings (SSSR count). The van der Waals surface area contributed by atoms with Crippen LogP contribution in [-0.4, -0.2) is 175 Å². The number of cyclic esters (lactones) is 1. The fourth-order valence-electron chi connectivity index (χ4n) is 9.52. The first-order valence-corrected chi connectivity index (χ1v) is 26.4. The number of carbonyl (C=O) groups is 1. The molecule has 0 saturated carbocycles. The van der Waals surface area contributed by atoms with Crippen LogP contribution in [0.2, 0.25) is 0 Å². The Bertz CT molecular complexity index is 1690. The van der Waals surface area contributed by atoms with Crippen LogP contribution in [0.1, 0.15) is 139 Å². The van der Waals surface area contributed by atoms with E-state index in [4.69, 9.17) is 9.47 Å². The second kappa shape index (κ2) is 32.9. The van der Waals surface area contributed by atoms with Crippen molar-refractivity contribution in [1.82, 2.24) is 0 Å². The lowest BCUT2D eigenvalue weighted by molar-refractivity contribution is -0.153. The first-order valence-electron chi connectivity index (χ1n) is 26.4. The number of allylic oxidation sites excluding steroid dienone is 2. The van der Waals surface area contributed by atoms with Gasteiger partial charge in [0.1, 0.15) is 6.10 Å². The van der Waals surface area contributed by atoms with Crippen LogP contribution in [0.25, 0.3) is 0 Å². The smallest absolute Gasteiger partial charge is 0.333 e. The summed E-state index contributed by atoms with van der Waals surface area (Å²) in [6.45, 7) is 15.3. The monoisotopic (exact) mass is 1030 g/mol. The van der Waals surface area contributed by atoms with Crippen molar-refractivity contribution in [2.45, 2.75) is 237 Å². The second-order valence-corrected chi connectivity index (χ2v) is 21.6. The van der Waals surface area contributed by atoms with Crippen molar-refractivity contribution in [2.75, 3.05) is 0 Å².